The Hall–Kier alpha value is -0.550. The van der Waals surface area contributed by atoms with Crippen LogP contribution in [0.4, 0.5) is 0 Å². The highest BCUT2D eigenvalue weighted by Gasteiger charge is 2.35. The van der Waals surface area contributed by atoms with Gasteiger partial charge in [-0.1, -0.05) is 27.7 Å². The second-order valence-electron chi connectivity index (χ2n) is 5.57. The van der Waals surface area contributed by atoms with Crippen LogP contribution in [0.1, 0.15) is 34.1 Å². The molecule has 1 fully saturated rings. The number of likely N-dealkylation sites (tertiary alicyclic amines) is 1. The van der Waals surface area contributed by atoms with Gasteiger partial charge in [0.05, 0.1) is 12.0 Å². The molecule has 0 aromatic rings. The van der Waals surface area contributed by atoms with Gasteiger partial charge >= 0.3 is 0 Å². The Morgan fingerprint density at radius 1 is 1.50 bits per heavy atom. The second-order valence-corrected chi connectivity index (χ2v) is 5.57. The van der Waals surface area contributed by atoms with E-state index in [0.717, 1.165) is 26.1 Å². The van der Waals surface area contributed by atoms with Gasteiger partial charge in [-0.15, -0.1) is 0 Å². The number of hydrogen-bond acceptors (Lipinski definition) is 2. The summed E-state index contributed by atoms with van der Waals surface area (Å²) in [7, 11) is 0. The molecule has 0 bridgehead atoms. The molecule has 0 aliphatic carbocycles. The minimum Gasteiger partial charge on any atom is -0.302 e. The molecule has 2 heteroatoms. The smallest absolute Gasteiger partial charge is 0.0674 e. The molecule has 1 heterocycles. The highest BCUT2D eigenvalue weighted by Crippen LogP contribution is 2.35. The van der Waals surface area contributed by atoms with Gasteiger partial charge in [0.2, 0.25) is 0 Å². The van der Waals surface area contributed by atoms with Crippen LogP contribution in [0, 0.1) is 28.6 Å². The average molecular weight is 194 g/mol. The van der Waals surface area contributed by atoms with E-state index in [9.17, 15) is 0 Å². The van der Waals surface area contributed by atoms with Crippen LogP contribution in [0.25, 0.3) is 0 Å². The average Bonchev–Trinajstić information content (AvgIpc) is 2.07. The van der Waals surface area contributed by atoms with Gasteiger partial charge in [-0.3, -0.25) is 0 Å². The fraction of sp³-hybridized carbons (Fsp3) is 0.917. The highest BCUT2D eigenvalue weighted by molar-refractivity contribution is 4.98. The third kappa shape index (κ3) is 2.72. The van der Waals surface area contributed by atoms with Crippen LogP contribution in [-0.4, -0.2) is 24.5 Å². The standard InChI is InChI=1S/C12H22N2/c1-10(2)8-14-6-5-12(3,4)11(7-13)9-14/h10-11H,5-6,8-9H2,1-4H3. The molecule has 1 rings (SSSR count). The fourth-order valence-electron chi connectivity index (χ4n) is 2.11. The van der Waals surface area contributed by atoms with Crippen LogP contribution in [0.5, 0.6) is 0 Å². The van der Waals surface area contributed by atoms with E-state index in [2.05, 4.69) is 38.7 Å². The summed E-state index contributed by atoms with van der Waals surface area (Å²) in [6.45, 7) is 12.2. The maximum absolute atomic E-state index is 9.10. The van der Waals surface area contributed by atoms with Gasteiger partial charge in [-0.2, -0.15) is 5.26 Å². The first-order chi connectivity index (χ1) is 6.45. The molecule has 14 heavy (non-hydrogen) atoms. The zero-order valence-corrected chi connectivity index (χ0v) is 9.88. The van der Waals surface area contributed by atoms with Crippen molar-refractivity contribution in [2.24, 2.45) is 17.3 Å². The van der Waals surface area contributed by atoms with Crippen molar-refractivity contribution in [3.63, 3.8) is 0 Å². The molecule has 0 radical (unpaired) electrons. The van der Waals surface area contributed by atoms with Gasteiger partial charge in [-0.25, -0.2) is 0 Å². The Labute approximate surface area is 87.9 Å². The van der Waals surface area contributed by atoms with Crippen LogP contribution in [0.15, 0.2) is 0 Å². The van der Waals surface area contributed by atoms with Crippen molar-refractivity contribution in [2.45, 2.75) is 34.1 Å². The Balaban J connectivity index is 2.54. The van der Waals surface area contributed by atoms with E-state index in [0.29, 0.717) is 5.92 Å². The quantitative estimate of drug-likeness (QED) is 0.675. The minimum absolute atomic E-state index is 0.204. The Morgan fingerprint density at radius 2 is 2.14 bits per heavy atom. The lowest BCUT2D eigenvalue weighted by Gasteiger charge is -2.41. The molecular weight excluding hydrogens is 172 g/mol. The Kier molecular flexibility index (Phi) is 3.55. The highest BCUT2D eigenvalue weighted by atomic mass is 15.1. The summed E-state index contributed by atoms with van der Waals surface area (Å²) >= 11 is 0. The van der Waals surface area contributed by atoms with Crippen molar-refractivity contribution in [1.29, 1.82) is 5.26 Å². The summed E-state index contributed by atoms with van der Waals surface area (Å²) in [5, 5.41) is 9.10. The summed E-state index contributed by atoms with van der Waals surface area (Å²) in [4.78, 5) is 2.43. The lowest BCUT2D eigenvalue weighted by Crippen LogP contribution is -2.45. The number of piperidine rings is 1. The zero-order chi connectivity index (χ0) is 10.8. The van der Waals surface area contributed by atoms with Crippen LogP contribution < -0.4 is 0 Å². The van der Waals surface area contributed by atoms with E-state index in [1.54, 1.807) is 0 Å². The van der Waals surface area contributed by atoms with Crippen LogP contribution in [0.2, 0.25) is 0 Å². The van der Waals surface area contributed by atoms with E-state index >= 15 is 0 Å². The molecule has 2 nitrogen and oxygen atoms in total. The third-order valence-electron chi connectivity index (χ3n) is 3.24. The Bertz CT molecular complexity index is 225. The third-order valence-corrected chi connectivity index (χ3v) is 3.24. The SMILES string of the molecule is CC(C)CN1CCC(C)(C)C(C#N)C1. The molecule has 1 aliphatic heterocycles. The fourth-order valence-corrected chi connectivity index (χ4v) is 2.11. The first-order valence-corrected chi connectivity index (χ1v) is 5.57. The maximum atomic E-state index is 9.10. The molecule has 0 spiro atoms. The van der Waals surface area contributed by atoms with Gasteiger partial charge in [-0.05, 0) is 24.3 Å². The largest absolute Gasteiger partial charge is 0.302 e. The van der Waals surface area contributed by atoms with Crippen LogP contribution in [0.3, 0.4) is 0 Å². The topological polar surface area (TPSA) is 27.0 Å². The molecule has 0 aromatic heterocycles. The minimum atomic E-state index is 0.204. The molecule has 80 valence electrons. The van der Waals surface area contributed by atoms with E-state index in [-0.39, 0.29) is 11.3 Å². The predicted octanol–water partition coefficient (Wildman–Crippen LogP) is 2.51. The van der Waals surface area contributed by atoms with Crippen LogP contribution >= 0.6 is 0 Å². The van der Waals surface area contributed by atoms with Crippen LogP contribution in [-0.2, 0) is 0 Å². The molecule has 0 amide bonds. The van der Waals surface area contributed by atoms with E-state index in [1.165, 1.54) is 0 Å². The number of rotatable bonds is 2. The van der Waals surface area contributed by atoms with Gasteiger partial charge in [0.15, 0.2) is 0 Å². The molecule has 1 saturated heterocycles. The molecule has 0 saturated carbocycles. The van der Waals surface area contributed by atoms with E-state index in [1.807, 2.05) is 0 Å². The predicted molar refractivity (Wildman–Crippen MR) is 58.8 cm³/mol. The van der Waals surface area contributed by atoms with Crippen molar-refractivity contribution in [3.05, 3.63) is 0 Å². The molecule has 1 unspecified atom stereocenters. The molecule has 1 aliphatic rings. The van der Waals surface area contributed by atoms with Gasteiger partial charge in [0.25, 0.3) is 0 Å². The summed E-state index contributed by atoms with van der Waals surface area (Å²) in [5.74, 6) is 0.908. The first kappa shape index (κ1) is 11.5. The molecule has 1 atom stereocenters. The summed E-state index contributed by atoms with van der Waals surface area (Å²) < 4.78 is 0. The lowest BCUT2D eigenvalue weighted by molar-refractivity contribution is 0.0828. The lowest BCUT2D eigenvalue weighted by atomic mass is 9.74. The number of nitrogens with zero attached hydrogens (tertiary/aromatic N) is 2. The number of hydrogen-bond donors (Lipinski definition) is 0. The monoisotopic (exact) mass is 194 g/mol. The normalized spacial score (nSPS) is 27.6. The molecular formula is C12H22N2. The summed E-state index contributed by atoms with van der Waals surface area (Å²) in [6, 6.07) is 2.46. The molecule has 0 N–H and O–H groups in total. The van der Waals surface area contributed by atoms with Crippen molar-refractivity contribution in [2.75, 3.05) is 19.6 Å². The van der Waals surface area contributed by atoms with Gasteiger partial charge in [0, 0.05) is 13.1 Å². The van der Waals surface area contributed by atoms with Gasteiger partial charge < -0.3 is 4.90 Å². The van der Waals surface area contributed by atoms with E-state index < -0.39 is 0 Å². The first-order valence-electron chi connectivity index (χ1n) is 5.57. The van der Waals surface area contributed by atoms with Crippen molar-refractivity contribution < 1.29 is 0 Å². The molecule has 0 aromatic carbocycles. The van der Waals surface area contributed by atoms with E-state index in [4.69, 9.17) is 5.26 Å². The maximum Gasteiger partial charge on any atom is 0.0674 e. The van der Waals surface area contributed by atoms with Crippen molar-refractivity contribution in [1.82, 2.24) is 4.90 Å². The Morgan fingerprint density at radius 3 is 2.64 bits per heavy atom. The number of nitriles is 1. The zero-order valence-electron chi connectivity index (χ0n) is 9.88. The van der Waals surface area contributed by atoms with Crippen molar-refractivity contribution in [3.8, 4) is 6.07 Å². The summed E-state index contributed by atoms with van der Waals surface area (Å²) in [5.41, 5.74) is 0.211. The van der Waals surface area contributed by atoms with Crippen molar-refractivity contribution >= 4 is 0 Å². The van der Waals surface area contributed by atoms with Gasteiger partial charge in [0.1, 0.15) is 0 Å². The second kappa shape index (κ2) is 4.31. The summed E-state index contributed by atoms with van der Waals surface area (Å²) in [6.07, 6.45) is 1.15.